The van der Waals surface area contributed by atoms with Gasteiger partial charge >= 0.3 is 0 Å². The van der Waals surface area contributed by atoms with Crippen LogP contribution in [0.2, 0.25) is 0 Å². The Morgan fingerprint density at radius 2 is 2.33 bits per heavy atom. The van der Waals surface area contributed by atoms with E-state index in [2.05, 4.69) is 22.0 Å². The van der Waals surface area contributed by atoms with Gasteiger partial charge in [-0.3, -0.25) is 0 Å². The summed E-state index contributed by atoms with van der Waals surface area (Å²) >= 11 is 0. The van der Waals surface area contributed by atoms with Gasteiger partial charge in [0.05, 0.1) is 0 Å². The summed E-state index contributed by atoms with van der Waals surface area (Å²) in [5.74, 6) is 0.681. The lowest BCUT2D eigenvalue weighted by molar-refractivity contribution is 0.796. The number of fused-ring (bicyclic) bond motifs is 1. The van der Waals surface area contributed by atoms with E-state index in [1.54, 1.807) is 10.7 Å². The summed E-state index contributed by atoms with van der Waals surface area (Å²) in [4.78, 5) is 8.08. The van der Waals surface area contributed by atoms with E-state index in [1.807, 2.05) is 6.07 Å². The van der Waals surface area contributed by atoms with E-state index in [0.29, 0.717) is 5.78 Å². The van der Waals surface area contributed by atoms with E-state index in [-0.39, 0.29) is 0 Å². The second-order valence-corrected chi connectivity index (χ2v) is 2.66. The van der Waals surface area contributed by atoms with Crippen LogP contribution < -0.4 is 0 Å². The van der Waals surface area contributed by atoms with Crippen LogP contribution in [0.3, 0.4) is 0 Å². The maximum absolute atomic E-state index is 4.08. The van der Waals surface area contributed by atoms with Crippen molar-refractivity contribution in [1.29, 1.82) is 0 Å². The van der Waals surface area contributed by atoms with Gasteiger partial charge in [0, 0.05) is 11.9 Å². The summed E-state index contributed by atoms with van der Waals surface area (Å²) < 4.78 is 1.78. The van der Waals surface area contributed by atoms with Crippen LogP contribution in [0.5, 0.6) is 0 Å². The second-order valence-electron chi connectivity index (χ2n) is 2.66. The lowest BCUT2D eigenvalue weighted by atomic mass is 10.2. The molecular formula is C8H10N4. The number of hydrogen-bond acceptors (Lipinski definition) is 3. The maximum atomic E-state index is 4.08. The fraction of sp³-hybridized carbons (Fsp3) is 0.375. The Labute approximate surface area is 70.3 Å². The van der Waals surface area contributed by atoms with Gasteiger partial charge in [-0.1, -0.05) is 13.3 Å². The van der Waals surface area contributed by atoms with Gasteiger partial charge in [0.1, 0.15) is 6.33 Å². The van der Waals surface area contributed by atoms with Gasteiger partial charge in [0.2, 0.25) is 0 Å². The van der Waals surface area contributed by atoms with E-state index in [1.165, 1.54) is 12.0 Å². The molecule has 0 unspecified atom stereocenters. The minimum Gasteiger partial charge on any atom is -0.220 e. The molecule has 4 heteroatoms. The third kappa shape index (κ3) is 1.05. The van der Waals surface area contributed by atoms with Crippen molar-refractivity contribution in [1.82, 2.24) is 19.6 Å². The van der Waals surface area contributed by atoms with E-state index in [0.717, 1.165) is 12.8 Å². The zero-order valence-electron chi connectivity index (χ0n) is 6.94. The van der Waals surface area contributed by atoms with Crippen LogP contribution in [-0.4, -0.2) is 19.6 Å². The fourth-order valence-electron chi connectivity index (χ4n) is 1.23. The van der Waals surface area contributed by atoms with E-state index < -0.39 is 0 Å². The first-order valence-electron chi connectivity index (χ1n) is 4.05. The Bertz CT molecular complexity index is 379. The molecule has 12 heavy (non-hydrogen) atoms. The lowest BCUT2D eigenvalue weighted by Gasteiger charge is -1.99. The highest BCUT2D eigenvalue weighted by Gasteiger charge is 2.00. The molecule has 2 aromatic rings. The molecule has 0 spiro atoms. The molecule has 0 atom stereocenters. The van der Waals surface area contributed by atoms with Gasteiger partial charge in [-0.2, -0.15) is 10.1 Å². The van der Waals surface area contributed by atoms with Crippen molar-refractivity contribution in [2.24, 2.45) is 0 Å². The second kappa shape index (κ2) is 2.89. The summed E-state index contributed by atoms with van der Waals surface area (Å²) in [6.07, 6.45) is 5.43. The summed E-state index contributed by atoms with van der Waals surface area (Å²) in [6, 6.07) is 1.98. The molecule has 0 aliphatic rings. The molecule has 0 amide bonds. The van der Waals surface area contributed by atoms with Gasteiger partial charge in [-0.15, -0.1) is 0 Å². The van der Waals surface area contributed by atoms with Gasteiger partial charge < -0.3 is 0 Å². The van der Waals surface area contributed by atoms with Crippen molar-refractivity contribution in [3.05, 3.63) is 24.3 Å². The van der Waals surface area contributed by atoms with Crippen LogP contribution in [0.25, 0.3) is 5.78 Å². The Morgan fingerprint density at radius 1 is 1.42 bits per heavy atom. The molecule has 0 radical (unpaired) electrons. The average Bonchev–Trinajstić information content (AvgIpc) is 2.53. The summed E-state index contributed by atoms with van der Waals surface area (Å²) in [5, 5.41) is 4.08. The topological polar surface area (TPSA) is 43.1 Å². The molecule has 0 aliphatic carbocycles. The normalized spacial score (nSPS) is 10.8. The molecule has 0 saturated heterocycles. The number of rotatable bonds is 2. The standard InChI is InChI=1S/C8H10N4/c1-2-3-7-4-5-9-8-10-6-11-12(7)8/h4-6H,2-3H2,1H3. The number of nitrogens with zero attached hydrogens (tertiary/aromatic N) is 4. The van der Waals surface area contributed by atoms with Gasteiger partial charge in [0.15, 0.2) is 0 Å². The third-order valence-corrected chi connectivity index (χ3v) is 1.76. The van der Waals surface area contributed by atoms with Crippen molar-refractivity contribution in [2.75, 3.05) is 0 Å². The van der Waals surface area contributed by atoms with Gasteiger partial charge in [0.25, 0.3) is 5.78 Å². The smallest absolute Gasteiger partial charge is 0.220 e. The van der Waals surface area contributed by atoms with Crippen LogP contribution in [0.15, 0.2) is 18.6 Å². The zero-order chi connectivity index (χ0) is 8.39. The van der Waals surface area contributed by atoms with Crippen molar-refractivity contribution < 1.29 is 0 Å². The highest BCUT2D eigenvalue weighted by atomic mass is 15.3. The maximum Gasteiger partial charge on any atom is 0.252 e. The van der Waals surface area contributed by atoms with E-state index in [9.17, 15) is 0 Å². The highest BCUT2D eigenvalue weighted by molar-refractivity contribution is 5.26. The summed E-state index contributed by atoms with van der Waals surface area (Å²) in [6.45, 7) is 2.14. The molecule has 0 N–H and O–H groups in total. The summed E-state index contributed by atoms with van der Waals surface area (Å²) in [5.41, 5.74) is 1.17. The molecule has 0 bridgehead atoms. The van der Waals surface area contributed by atoms with Crippen molar-refractivity contribution >= 4 is 5.78 Å². The molecule has 2 rings (SSSR count). The minimum atomic E-state index is 0.681. The quantitative estimate of drug-likeness (QED) is 0.663. The van der Waals surface area contributed by atoms with Gasteiger partial charge in [-0.25, -0.2) is 9.50 Å². The Balaban J connectivity index is 2.57. The van der Waals surface area contributed by atoms with Gasteiger partial charge in [-0.05, 0) is 12.5 Å². The zero-order valence-corrected chi connectivity index (χ0v) is 6.94. The predicted octanol–water partition coefficient (Wildman–Crippen LogP) is 1.08. The number of hydrogen-bond donors (Lipinski definition) is 0. The summed E-state index contributed by atoms with van der Waals surface area (Å²) in [7, 11) is 0. The third-order valence-electron chi connectivity index (χ3n) is 1.76. The van der Waals surface area contributed by atoms with Crippen molar-refractivity contribution in [3.63, 3.8) is 0 Å². The molecule has 0 fully saturated rings. The highest BCUT2D eigenvalue weighted by Crippen LogP contribution is 2.02. The molecule has 62 valence electrons. The van der Waals surface area contributed by atoms with Crippen molar-refractivity contribution in [2.45, 2.75) is 19.8 Å². The molecule has 0 saturated carbocycles. The Hall–Kier alpha value is -1.45. The first-order valence-corrected chi connectivity index (χ1v) is 4.05. The predicted molar refractivity (Wildman–Crippen MR) is 44.8 cm³/mol. The largest absolute Gasteiger partial charge is 0.252 e. The van der Waals surface area contributed by atoms with Crippen LogP contribution in [0.1, 0.15) is 19.0 Å². The van der Waals surface area contributed by atoms with Crippen LogP contribution >= 0.6 is 0 Å². The molecule has 4 nitrogen and oxygen atoms in total. The number of aromatic nitrogens is 4. The molecule has 0 aromatic carbocycles. The minimum absolute atomic E-state index is 0.681. The van der Waals surface area contributed by atoms with E-state index in [4.69, 9.17) is 0 Å². The fourth-order valence-corrected chi connectivity index (χ4v) is 1.23. The van der Waals surface area contributed by atoms with Crippen molar-refractivity contribution in [3.8, 4) is 0 Å². The molecular weight excluding hydrogens is 152 g/mol. The molecule has 0 aliphatic heterocycles. The van der Waals surface area contributed by atoms with Crippen LogP contribution in [0.4, 0.5) is 0 Å². The van der Waals surface area contributed by atoms with Crippen LogP contribution in [0, 0.1) is 0 Å². The Kier molecular flexibility index (Phi) is 1.74. The monoisotopic (exact) mass is 162 g/mol. The SMILES string of the molecule is CCCc1ccnc2ncnn12. The molecule has 2 aromatic heterocycles. The average molecular weight is 162 g/mol. The first-order chi connectivity index (χ1) is 5.92. The van der Waals surface area contributed by atoms with Crippen LogP contribution in [-0.2, 0) is 6.42 Å². The first kappa shape index (κ1) is 7.21. The van der Waals surface area contributed by atoms with E-state index >= 15 is 0 Å². The lowest BCUT2D eigenvalue weighted by Crippen LogP contribution is -1.99. The molecule has 2 heterocycles. The Morgan fingerprint density at radius 3 is 3.17 bits per heavy atom. The number of aryl methyl sites for hydroxylation is 1.